The Morgan fingerprint density at radius 2 is 1.88 bits per heavy atom. The zero-order valence-electron chi connectivity index (χ0n) is 14.1. The van der Waals surface area contributed by atoms with Crippen molar-refractivity contribution in [1.29, 1.82) is 0 Å². The van der Waals surface area contributed by atoms with Gasteiger partial charge in [-0.15, -0.1) is 11.3 Å². The van der Waals surface area contributed by atoms with E-state index in [0.717, 1.165) is 35.2 Å². The van der Waals surface area contributed by atoms with Crippen molar-refractivity contribution in [2.75, 3.05) is 36.5 Å². The number of ether oxygens (including phenoxy) is 1. The van der Waals surface area contributed by atoms with E-state index < -0.39 is 0 Å². The Kier molecular flexibility index (Phi) is 4.90. The zero-order valence-corrected chi connectivity index (χ0v) is 14.9. The van der Waals surface area contributed by atoms with Crippen LogP contribution >= 0.6 is 11.3 Å². The monoisotopic (exact) mass is 366 g/mol. The maximum absolute atomic E-state index is 12.4. The van der Waals surface area contributed by atoms with Gasteiger partial charge < -0.3 is 15.0 Å². The molecular formula is C19H18N4O2S. The van der Waals surface area contributed by atoms with Gasteiger partial charge in [0.2, 0.25) is 0 Å². The van der Waals surface area contributed by atoms with Crippen molar-refractivity contribution < 1.29 is 9.53 Å². The Hall–Kier alpha value is -2.77. The molecule has 0 unspecified atom stereocenters. The second-order valence-corrected chi connectivity index (χ2v) is 6.77. The van der Waals surface area contributed by atoms with E-state index in [1.165, 1.54) is 0 Å². The highest BCUT2D eigenvalue weighted by atomic mass is 32.1. The van der Waals surface area contributed by atoms with Gasteiger partial charge in [0.1, 0.15) is 10.8 Å². The van der Waals surface area contributed by atoms with E-state index in [4.69, 9.17) is 4.74 Å². The van der Waals surface area contributed by atoms with Crippen LogP contribution < -0.4 is 10.2 Å². The lowest BCUT2D eigenvalue weighted by Crippen LogP contribution is -2.36. The van der Waals surface area contributed by atoms with Crippen molar-refractivity contribution in [1.82, 2.24) is 9.97 Å². The maximum atomic E-state index is 12.4. The van der Waals surface area contributed by atoms with Gasteiger partial charge in [-0.2, -0.15) is 0 Å². The molecule has 6 nitrogen and oxygen atoms in total. The zero-order chi connectivity index (χ0) is 17.8. The minimum Gasteiger partial charge on any atom is -0.378 e. The topological polar surface area (TPSA) is 67.4 Å². The summed E-state index contributed by atoms with van der Waals surface area (Å²) in [6.07, 6.45) is 3.40. The SMILES string of the molecule is O=C(Nc1ccc(-c2nccs2)cc1)c1ccc(N2CCOCC2)nc1. The van der Waals surface area contributed by atoms with Crippen LogP contribution in [0, 0.1) is 0 Å². The predicted molar refractivity (Wildman–Crippen MR) is 103 cm³/mol. The first kappa shape index (κ1) is 16.7. The second-order valence-electron chi connectivity index (χ2n) is 5.87. The van der Waals surface area contributed by atoms with Gasteiger partial charge in [-0.25, -0.2) is 9.97 Å². The lowest BCUT2D eigenvalue weighted by atomic mass is 10.2. The van der Waals surface area contributed by atoms with Gasteiger partial charge in [0.25, 0.3) is 5.91 Å². The third-order valence-electron chi connectivity index (χ3n) is 4.17. The molecule has 26 heavy (non-hydrogen) atoms. The summed E-state index contributed by atoms with van der Waals surface area (Å²) in [5.74, 6) is 0.700. The number of morpholine rings is 1. The smallest absolute Gasteiger partial charge is 0.257 e. The van der Waals surface area contributed by atoms with Crippen LogP contribution in [0.4, 0.5) is 11.5 Å². The third-order valence-corrected chi connectivity index (χ3v) is 4.99. The molecule has 0 radical (unpaired) electrons. The van der Waals surface area contributed by atoms with Crippen LogP contribution in [-0.2, 0) is 4.74 Å². The molecular weight excluding hydrogens is 348 g/mol. The summed E-state index contributed by atoms with van der Waals surface area (Å²) >= 11 is 1.59. The van der Waals surface area contributed by atoms with Gasteiger partial charge >= 0.3 is 0 Å². The average molecular weight is 366 g/mol. The summed E-state index contributed by atoms with van der Waals surface area (Å²) in [6, 6.07) is 11.3. The van der Waals surface area contributed by atoms with Gasteiger partial charge in [0.05, 0.1) is 18.8 Å². The number of nitrogens with zero attached hydrogens (tertiary/aromatic N) is 3. The lowest BCUT2D eigenvalue weighted by molar-refractivity contribution is 0.102. The number of hydrogen-bond donors (Lipinski definition) is 1. The number of carbonyl (C=O) groups is 1. The van der Waals surface area contributed by atoms with Gasteiger partial charge in [-0.3, -0.25) is 4.79 Å². The van der Waals surface area contributed by atoms with Crippen LogP contribution in [0.5, 0.6) is 0 Å². The molecule has 4 rings (SSSR count). The van der Waals surface area contributed by atoms with E-state index in [1.54, 1.807) is 29.8 Å². The molecule has 0 saturated carbocycles. The van der Waals surface area contributed by atoms with E-state index in [0.29, 0.717) is 18.8 Å². The molecule has 1 fully saturated rings. The van der Waals surface area contributed by atoms with E-state index in [2.05, 4.69) is 20.2 Å². The van der Waals surface area contributed by atoms with Gasteiger partial charge in [0, 0.05) is 42.1 Å². The predicted octanol–water partition coefficient (Wildman–Crippen LogP) is 3.29. The molecule has 0 bridgehead atoms. The van der Waals surface area contributed by atoms with Gasteiger partial charge in [-0.1, -0.05) is 0 Å². The number of pyridine rings is 1. The first-order valence-electron chi connectivity index (χ1n) is 8.40. The van der Waals surface area contributed by atoms with Crippen molar-refractivity contribution in [3.05, 3.63) is 59.7 Å². The van der Waals surface area contributed by atoms with Crippen molar-refractivity contribution in [3.8, 4) is 10.6 Å². The molecule has 1 N–H and O–H groups in total. The molecule has 2 aromatic heterocycles. The molecule has 0 atom stereocenters. The fourth-order valence-corrected chi connectivity index (χ4v) is 3.41. The first-order chi connectivity index (χ1) is 12.8. The quantitative estimate of drug-likeness (QED) is 0.767. The van der Waals surface area contributed by atoms with E-state index >= 15 is 0 Å². The molecule has 1 amide bonds. The minimum absolute atomic E-state index is 0.173. The number of benzene rings is 1. The average Bonchev–Trinajstić information content (AvgIpc) is 3.24. The van der Waals surface area contributed by atoms with Crippen LogP contribution in [0.2, 0.25) is 0 Å². The van der Waals surface area contributed by atoms with Crippen LogP contribution in [0.25, 0.3) is 10.6 Å². The number of aromatic nitrogens is 2. The lowest BCUT2D eigenvalue weighted by Gasteiger charge is -2.27. The molecule has 132 valence electrons. The molecule has 1 aliphatic rings. The number of anilines is 2. The summed E-state index contributed by atoms with van der Waals surface area (Å²) in [4.78, 5) is 23.3. The maximum Gasteiger partial charge on any atom is 0.257 e. The normalized spacial score (nSPS) is 14.2. The number of thiazole rings is 1. The Morgan fingerprint density at radius 3 is 2.54 bits per heavy atom. The third kappa shape index (κ3) is 3.74. The van der Waals surface area contributed by atoms with Crippen molar-refractivity contribution in [2.45, 2.75) is 0 Å². The van der Waals surface area contributed by atoms with Crippen molar-refractivity contribution >= 4 is 28.7 Å². The molecule has 3 heterocycles. The highest BCUT2D eigenvalue weighted by Crippen LogP contribution is 2.23. The van der Waals surface area contributed by atoms with Crippen molar-refractivity contribution in [2.24, 2.45) is 0 Å². The summed E-state index contributed by atoms with van der Waals surface area (Å²) in [6.45, 7) is 3.07. The van der Waals surface area contributed by atoms with Gasteiger partial charge in [0.15, 0.2) is 0 Å². The van der Waals surface area contributed by atoms with E-state index in [-0.39, 0.29) is 5.91 Å². The molecule has 7 heteroatoms. The largest absolute Gasteiger partial charge is 0.378 e. The number of carbonyl (C=O) groups excluding carboxylic acids is 1. The Balaban J connectivity index is 1.41. The summed E-state index contributed by atoms with van der Waals surface area (Å²) in [5, 5.41) is 5.81. The fraction of sp³-hybridized carbons (Fsp3) is 0.211. The van der Waals surface area contributed by atoms with E-state index in [1.807, 2.05) is 35.7 Å². The highest BCUT2D eigenvalue weighted by molar-refractivity contribution is 7.13. The summed E-state index contributed by atoms with van der Waals surface area (Å²) in [7, 11) is 0. The van der Waals surface area contributed by atoms with Gasteiger partial charge in [-0.05, 0) is 36.4 Å². The summed E-state index contributed by atoms with van der Waals surface area (Å²) in [5.41, 5.74) is 2.31. The number of nitrogens with one attached hydrogen (secondary N) is 1. The molecule has 1 aliphatic heterocycles. The van der Waals surface area contributed by atoms with Crippen LogP contribution in [0.1, 0.15) is 10.4 Å². The number of amides is 1. The highest BCUT2D eigenvalue weighted by Gasteiger charge is 2.13. The Morgan fingerprint density at radius 1 is 1.08 bits per heavy atom. The van der Waals surface area contributed by atoms with Crippen molar-refractivity contribution in [3.63, 3.8) is 0 Å². The minimum atomic E-state index is -0.173. The fourth-order valence-electron chi connectivity index (χ4n) is 2.77. The molecule has 0 aliphatic carbocycles. The van der Waals surface area contributed by atoms with Crippen LogP contribution in [0.3, 0.4) is 0 Å². The molecule has 0 spiro atoms. The first-order valence-corrected chi connectivity index (χ1v) is 9.27. The Labute approximate surface area is 155 Å². The molecule has 3 aromatic rings. The molecule has 1 saturated heterocycles. The Bertz CT molecular complexity index is 858. The van der Waals surface area contributed by atoms with E-state index in [9.17, 15) is 4.79 Å². The summed E-state index contributed by atoms with van der Waals surface area (Å²) < 4.78 is 5.34. The van der Waals surface area contributed by atoms with Crippen LogP contribution in [0.15, 0.2) is 54.2 Å². The number of rotatable bonds is 4. The standard InChI is InChI=1S/C19H18N4O2S/c24-18(15-3-6-17(21-13-15)23-8-10-25-11-9-23)22-16-4-1-14(2-5-16)19-20-7-12-26-19/h1-7,12-13H,8-11H2,(H,22,24). The molecule has 1 aromatic carbocycles. The van der Waals surface area contributed by atoms with Crippen LogP contribution in [-0.4, -0.2) is 42.2 Å². The second kappa shape index (κ2) is 7.63. The number of hydrogen-bond acceptors (Lipinski definition) is 6.